The van der Waals surface area contributed by atoms with Crippen molar-refractivity contribution in [3.8, 4) is 0 Å². The summed E-state index contributed by atoms with van der Waals surface area (Å²) in [5, 5.41) is 0. The fourth-order valence-electron chi connectivity index (χ4n) is 1.16. The molecule has 0 heterocycles. The monoisotopic (exact) mass is 200 g/mol. The average molecular weight is 200 g/mol. The van der Waals surface area contributed by atoms with Crippen LogP contribution in [-0.4, -0.2) is 19.1 Å². The van der Waals surface area contributed by atoms with Gasteiger partial charge in [-0.1, -0.05) is 26.2 Å². The third kappa shape index (κ3) is 11.4. The maximum Gasteiger partial charge on any atom is 0.217 e. The van der Waals surface area contributed by atoms with E-state index < -0.39 is 0 Å². The third-order valence-electron chi connectivity index (χ3n) is 2.00. The number of ether oxygens (including phenoxy) is 1. The third-order valence-corrected chi connectivity index (χ3v) is 2.00. The summed E-state index contributed by atoms with van der Waals surface area (Å²) in [6, 6.07) is 0. The molecule has 3 nitrogen and oxygen atoms in total. The Morgan fingerprint density at radius 1 is 1.07 bits per heavy atom. The number of hydrogen-bond donors (Lipinski definition) is 1. The summed E-state index contributed by atoms with van der Waals surface area (Å²) in [7, 11) is 0. The number of amides is 1. The number of nitrogens with two attached hydrogens (primary N) is 1. The minimum Gasteiger partial charge on any atom is -0.381 e. The van der Waals surface area contributed by atoms with Gasteiger partial charge in [-0.05, 0) is 19.3 Å². The van der Waals surface area contributed by atoms with Gasteiger partial charge < -0.3 is 10.5 Å². The molecule has 0 bridgehead atoms. The first kappa shape index (κ1) is 13.4. The molecule has 2 N–H and O–H groups in total. The Balaban J connectivity index is 2.88. The largest absolute Gasteiger partial charge is 0.381 e. The Bertz CT molecular complexity index is 137. The van der Waals surface area contributed by atoms with Gasteiger partial charge in [-0.2, -0.15) is 0 Å². The van der Waals surface area contributed by atoms with Crippen molar-refractivity contribution < 1.29 is 9.53 Å². The molecule has 0 aliphatic rings. The maximum absolute atomic E-state index is 10.4. The molecule has 0 aliphatic carbocycles. The van der Waals surface area contributed by atoms with E-state index in [2.05, 4.69) is 6.92 Å². The summed E-state index contributed by atoms with van der Waals surface area (Å²) >= 11 is 0. The zero-order valence-corrected chi connectivity index (χ0v) is 8.96. The van der Waals surface area contributed by atoms with Crippen LogP contribution >= 0.6 is 0 Å². The van der Waals surface area contributed by atoms with Crippen LogP contribution < -0.4 is 5.73 Å². The van der Waals surface area contributed by atoms with Gasteiger partial charge in [-0.25, -0.2) is 0 Å². The highest BCUT2D eigenvalue weighted by Gasteiger charge is 1.94. The van der Waals surface area contributed by atoms with Gasteiger partial charge in [0.2, 0.25) is 5.91 Å². The van der Waals surface area contributed by atoms with Crippen molar-refractivity contribution in [1.29, 1.82) is 0 Å². The highest BCUT2D eigenvalue weighted by Crippen LogP contribution is 2.00. The quantitative estimate of drug-likeness (QED) is 0.549. The Morgan fingerprint density at radius 3 is 2.29 bits per heavy atom. The molecule has 3 heteroatoms. The number of primary amides is 1. The molecule has 83 valence electrons. The fourth-order valence-corrected chi connectivity index (χ4v) is 1.16. The van der Waals surface area contributed by atoms with Crippen LogP contribution in [0, 0.1) is 6.92 Å². The summed E-state index contributed by atoms with van der Waals surface area (Å²) in [6.45, 7) is 5.35. The topological polar surface area (TPSA) is 52.3 Å². The van der Waals surface area contributed by atoms with E-state index in [1.54, 1.807) is 0 Å². The highest BCUT2D eigenvalue weighted by atomic mass is 16.5. The van der Waals surface area contributed by atoms with Gasteiger partial charge >= 0.3 is 0 Å². The molecule has 0 aliphatic heterocycles. The lowest BCUT2D eigenvalue weighted by molar-refractivity contribution is -0.118. The van der Waals surface area contributed by atoms with Crippen LogP contribution in [0.2, 0.25) is 0 Å². The van der Waals surface area contributed by atoms with Crippen molar-refractivity contribution in [3.63, 3.8) is 0 Å². The van der Waals surface area contributed by atoms with Crippen molar-refractivity contribution in [3.05, 3.63) is 6.92 Å². The summed E-state index contributed by atoms with van der Waals surface area (Å²) < 4.78 is 5.39. The van der Waals surface area contributed by atoms with Gasteiger partial charge in [0.15, 0.2) is 0 Å². The first-order chi connectivity index (χ1) is 6.77. The van der Waals surface area contributed by atoms with Gasteiger partial charge in [-0.15, -0.1) is 0 Å². The summed E-state index contributed by atoms with van der Waals surface area (Å²) in [5.41, 5.74) is 5.00. The number of hydrogen-bond acceptors (Lipinski definition) is 2. The minimum atomic E-state index is -0.222. The second-order valence-electron chi connectivity index (χ2n) is 3.45. The highest BCUT2D eigenvalue weighted by molar-refractivity contribution is 5.73. The second kappa shape index (κ2) is 10.5. The van der Waals surface area contributed by atoms with E-state index in [-0.39, 0.29) is 5.91 Å². The molecule has 0 aromatic carbocycles. The van der Waals surface area contributed by atoms with Crippen molar-refractivity contribution in [2.75, 3.05) is 13.2 Å². The van der Waals surface area contributed by atoms with Crippen molar-refractivity contribution in [1.82, 2.24) is 0 Å². The predicted molar refractivity (Wildman–Crippen MR) is 57.7 cm³/mol. The Hall–Kier alpha value is -0.570. The Morgan fingerprint density at radius 2 is 1.71 bits per heavy atom. The normalized spacial score (nSPS) is 10.4. The standard InChI is InChI=1S/C11H22NO2/c1-2-3-4-6-9-14-10-7-5-8-11(12)13/h1-10H2,(H2,12,13). The van der Waals surface area contributed by atoms with Crippen LogP contribution in [0.15, 0.2) is 0 Å². The molecule has 0 aromatic heterocycles. The smallest absolute Gasteiger partial charge is 0.217 e. The van der Waals surface area contributed by atoms with Crippen LogP contribution in [0.5, 0.6) is 0 Å². The first-order valence-corrected chi connectivity index (χ1v) is 5.42. The number of carbonyl (C=O) groups is 1. The molecule has 14 heavy (non-hydrogen) atoms. The molecule has 0 atom stereocenters. The molecule has 0 fully saturated rings. The average Bonchev–Trinajstić information content (AvgIpc) is 2.15. The van der Waals surface area contributed by atoms with E-state index in [0.717, 1.165) is 38.9 Å². The van der Waals surface area contributed by atoms with E-state index in [4.69, 9.17) is 10.5 Å². The summed E-state index contributed by atoms with van der Waals surface area (Å²) in [5.74, 6) is -0.222. The fraction of sp³-hybridized carbons (Fsp3) is 0.818. The molecule has 0 saturated carbocycles. The van der Waals surface area contributed by atoms with Crippen LogP contribution in [0.1, 0.15) is 44.9 Å². The maximum atomic E-state index is 10.4. The van der Waals surface area contributed by atoms with Crippen molar-refractivity contribution >= 4 is 5.91 Å². The lowest BCUT2D eigenvalue weighted by Crippen LogP contribution is -2.10. The molecule has 1 amide bonds. The van der Waals surface area contributed by atoms with Crippen LogP contribution in [-0.2, 0) is 9.53 Å². The zero-order valence-electron chi connectivity index (χ0n) is 8.96. The first-order valence-electron chi connectivity index (χ1n) is 5.42. The van der Waals surface area contributed by atoms with E-state index in [1.165, 1.54) is 12.8 Å². The molecular weight excluding hydrogens is 178 g/mol. The number of unbranched alkanes of at least 4 members (excludes halogenated alkanes) is 4. The molecule has 0 saturated heterocycles. The van der Waals surface area contributed by atoms with E-state index in [1.807, 2.05) is 0 Å². The van der Waals surface area contributed by atoms with Crippen LogP contribution in [0.3, 0.4) is 0 Å². The second-order valence-corrected chi connectivity index (χ2v) is 3.45. The summed E-state index contributed by atoms with van der Waals surface area (Å²) in [6.07, 6.45) is 6.76. The van der Waals surface area contributed by atoms with Crippen molar-refractivity contribution in [2.24, 2.45) is 5.73 Å². The van der Waals surface area contributed by atoms with Gasteiger partial charge in [-0.3, -0.25) is 4.79 Å². The molecule has 0 aromatic rings. The Kier molecular flexibility index (Phi) is 10.1. The lowest BCUT2D eigenvalue weighted by atomic mass is 10.2. The zero-order chi connectivity index (χ0) is 10.6. The van der Waals surface area contributed by atoms with Crippen LogP contribution in [0.25, 0.3) is 0 Å². The van der Waals surface area contributed by atoms with Crippen molar-refractivity contribution in [2.45, 2.75) is 44.9 Å². The predicted octanol–water partition coefficient (Wildman–Crippen LogP) is 2.05. The minimum absolute atomic E-state index is 0.222. The molecular formula is C11H22NO2. The van der Waals surface area contributed by atoms with E-state index in [0.29, 0.717) is 6.42 Å². The summed E-state index contributed by atoms with van der Waals surface area (Å²) in [4.78, 5) is 10.4. The Labute approximate surface area is 87.0 Å². The molecule has 1 radical (unpaired) electrons. The molecule has 0 unspecified atom stereocenters. The van der Waals surface area contributed by atoms with Gasteiger partial charge in [0, 0.05) is 19.6 Å². The van der Waals surface area contributed by atoms with Gasteiger partial charge in [0.05, 0.1) is 0 Å². The van der Waals surface area contributed by atoms with Gasteiger partial charge in [0.25, 0.3) is 0 Å². The number of carbonyl (C=O) groups excluding carboxylic acids is 1. The lowest BCUT2D eigenvalue weighted by Gasteiger charge is -2.02. The number of rotatable bonds is 10. The van der Waals surface area contributed by atoms with Gasteiger partial charge in [0.1, 0.15) is 0 Å². The molecule has 0 spiro atoms. The SMILES string of the molecule is [CH2]CCCCCOCCCCC(N)=O. The molecule has 0 rings (SSSR count). The van der Waals surface area contributed by atoms with E-state index >= 15 is 0 Å². The van der Waals surface area contributed by atoms with Crippen LogP contribution in [0.4, 0.5) is 0 Å². The van der Waals surface area contributed by atoms with E-state index in [9.17, 15) is 4.79 Å².